The Labute approximate surface area is 102 Å². The average Bonchev–Trinajstić information content (AvgIpc) is 2.68. The molecule has 4 heteroatoms. The second-order valence-corrected chi connectivity index (χ2v) is 4.34. The summed E-state index contributed by atoms with van der Waals surface area (Å²) in [5.41, 5.74) is 7.71. The van der Waals surface area contributed by atoms with Crippen molar-refractivity contribution in [2.75, 3.05) is 13.1 Å². The molecule has 0 aliphatic rings. The Kier molecular flexibility index (Phi) is 3.76. The summed E-state index contributed by atoms with van der Waals surface area (Å²) in [6.45, 7) is 3.79. The summed E-state index contributed by atoms with van der Waals surface area (Å²) < 4.78 is 2.15. The van der Waals surface area contributed by atoms with Crippen LogP contribution < -0.4 is 11.1 Å². The molecule has 0 saturated heterocycles. The van der Waals surface area contributed by atoms with Crippen LogP contribution in [0.4, 0.5) is 0 Å². The molecule has 1 heterocycles. The van der Waals surface area contributed by atoms with Crippen molar-refractivity contribution in [1.82, 2.24) is 14.9 Å². The van der Waals surface area contributed by atoms with Gasteiger partial charge in [0, 0.05) is 7.05 Å². The van der Waals surface area contributed by atoms with Crippen molar-refractivity contribution < 1.29 is 0 Å². The molecule has 0 radical (unpaired) electrons. The van der Waals surface area contributed by atoms with Crippen molar-refractivity contribution in [1.29, 1.82) is 0 Å². The van der Waals surface area contributed by atoms with Crippen LogP contribution in [0, 0.1) is 0 Å². The first-order valence-corrected chi connectivity index (χ1v) is 6.09. The summed E-state index contributed by atoms with van der Waals surface area (Å²) in [4.78, 5) is 4.66. The fourth-order valence-electron chi connectivity index (χ4n) is 2.06. The molecule has 4 nitrogen and oxygen atoms in total. The molecule has 0 spiro atoms. The summed E-state index contributed by atoms with van der Waals surface area (Å²) in [6.07, 6.45) is 0.994. The van der Waals surface area contributed by atoms with E-state index in [0.29, 0.717) is 0 Å². The molecule has 1 aromatic carbocycles. The zero-order valence-electron chi connectivity index (χ0n) is 10.5. The van der Waals surface area contributed by atoms with E-state index in [9.17, 15) is 0 Å². The maximum Gasteiger partial charge on any atom is 0.126 e. The van der Waals surface area contributed by atoms with Crippen LogP contribution in [0.25, 0.3) is 11.0 Å². The summed E-state index contributed by atoms with van der Waals surface area (Å²) in [7, 11) is 2.06. The highest BCUT2D eigenvalue weighted by Gasteiger charge is 2.12. The minimum Gasteiger partial charge on any atom is -0.330 e. The van der Waals surface area contributed by atoms with Crippen LogP contribution in [-0.4, -0.2) is 22.6 Å². The Hall–Kier alpha value is -1.39. The summed E-state index contributed by atoms with van der Waals surface area (Å²) in [6, 6.07) is 8.45. The van der Waals surface area contributed by atoms with Crippen molar-refractivity contribution in [2.24, 2.45) is 12.8 Å². The molecular weight excluding hydrogens is 212 g/mol. The van der Waals surface area contributed by atoms with E-state index >= 15 is 0 Å². The third kappa shape index (κ3) is 2.48. The molecule has 2 rings (SSSR count). The number of benzene rings is 1. The molecule has 0 bridgehead atoms. The Bertz CT molecular complexity index is 489. The molecule has 1 atom stereocenters. The molecule has 0 fully saturated rings. The summed E-state index contributed by atoms with van der Waals surface area (Å²) in [5.74, 6) is 1.07. The first-order chi connectivity index (χ1) is 8.24. The fraction of sp³-hybridized carbons (Fsp3) is 0.462. The van der Waals surface area contributed by atoms with Crippen molar-refractivity contribution in [3.05, 3.63) is 30.1 Å². The lowest BCUT2D eigenvalue weighted by Gasteiger charge is -2.13. The Balaban J connectivity index is 2.20. The van der Waals surface area contributed by atoms with Gasteiger partial charge in [-0.3, -0.25) is 0 Å². The summed E-state index contributed by atoms with van der Waals surface area (Å²) >= 11 is 0. The van der Waals surface area contributed by atoms with Gasteiger partial charge >= 0.3 is 0 Å². The summed E-state index contributed by atoms with van der Waals surface area (Å²) in [5, 5.41) is 3.44. The number of nitrogens with two attached hydrogens (primary N) is 1. The van der Waals surface area contributed by atoms with E-state index in [1.165, 1.54) is 5.52 Å². The topological polar surface area (TPSA) is 55.9 Å². The van der Waals surface area contributed by atoms with Crippen molar-refractivity contribution >= 4 is 11.0 Å². The van der Waals surface area contributed by atoms with E-state index in [-0.39, 0.29) is 6.04 Å². The van der Waals surface area contributed by atoms with Gasteiger partial charge in [-0.15, -0.1) is 0 Å². The van der Waals surface area contributed by atoms with Gasteiger partial charge in [0.15, 0.2) is 0 Å². The van der Waals surface area contributed by atoms with E-state index in [1.54, 1.807) is 0 Å². The standard InChI is InChI=1S/C13H20N4/c1-10(15-9-5-8-14)13-16-11-6-3-4-7-12(11)17(13)2/h3-4,6-7,10,15H,5,8-9,14H2,1-2H3. The Morgan fingerprint density at radius 2 is 2.18 bits per heavy atom. The number of aryl methyl sites for hydroxylation is 1. The smallest absolute Gasteiger partial charge is 0.126 e. The van der Waals surface area contributed by atoms with Crippen molar-refractivity contribution in [3.8, 4) is 0 Å². The van der Waals surface area contributed by atoms with Gasteiger partial charge in [-0.05, 0) is 38.6 Å². The maximum atomic E-state index is 5.48. The van der Waals surface area contributed by atoms with E-state index in [4.69, 9.17) is 5.73 Å². The van der Waals surface area contributed by atoms with Gasteiger partial charge in [-0.1, -0.05) is 12.1 Å². The molecule has 0 saturated carbocycles. The van der Waals surface area contributed by atoms with E-state index in [1.807, 2.05) is 18.2 Å². The number of hydrogen-bond acceptors (Lipinski definition) is 3. The number of nitrogens with one attached hydrogen (secondary N) is 1. The first kappa shape index (κ1) is 12.1. The number of aromatic nitrogens is 2. The predicted molar refractivity (Wildman–Crippen MR) is 70.8 cm³/mol. The van der Waals surface area contributed by atoms with Crippen LogP contribution in [0.15, 0.2) is 24.3 Å². The maximum absolute atomic E-state index is 5.48. The number of para-hydroxylation sites is 2. The third-order valence-electron chi connectivity index (χ3n) is 3.04. The number of hydrogen-bond donors (Lipinski definition) is 2. The highest BCUT2D eigenvalue weighted by molar-refractivity contribution is 5.75. The SMILES string of the molecule is CC(NCCCN)c1nc2ccccc2n1C. The lowest BCUT2D eigenvalue weighted by atomic mass is 10.3. The zero-order valence-corrected chi connectivity index (χ0v) is 10.5. The average molecular weight is 232 g/mol. The molecule has 17 heavy (non-hydrogen) atoms. The van der Waals surface area contributed by atoms with Crippen LogP contribution in [0.1, 0.15) is 25.2 Å². The Morgan fingerprint density at radius 3 is 2.88 bits per heavy atom. The quantitative estimate of drug-likeness (QED) is 0.769. The third-order valence-corrected chi connectivity index (χ3v) is 3.04. The molecule has 0 aliphatic carbocycles. The van der Waals surface area contributed by atoms with Crippen molar-refractivity contribution in [3.63, 3.8) is 0 Å². The van der Waals surface area contributed by atoms with Crippen molar-refractivity contribution in [2.45, 2.75) is 19.4 Å². The van der Waals surface area contributed by atoms with Crippen LogP contribution in [0.2, 0.25) is 0 Å². The predicted octanol–water partition coefficient (Wildman–Crippen LogP) is 1.57. The van der Waals surface area contributed by atoms with Crippen LogP contribution >= 0.6 is 0 Å². The minimum atomic E-state index is 0.249. The number of rotatable bonds is 5. The van der Waals surface area contributed by atoms with Gasteiger partial charge in [0.25, 0.3) is 0 Å². The number of fused-ring (bicyclic) bond motifs is 1. The molecule has 3 N–H and O–H groups in total. The van der Waals surface area contributed by atoms with Gasteiger partial charge in [0.1, 0.15) is 5.82 Å². The molecule has 1 unspecified atom stereocenters. The number of nitrogens with zero attached hydrogens (tertiary/aromatic N) is 2. The van der Waals surface area contributed by atoms with E-state index < -0.39 is 0 Å². The normalized spacial score (nSPS) is 13.1. The van der Waals surface area contributed by atoms with Crippen LogP contribution in [-0.2, 0) is 7.05 Å². The molecule has 0 aliphatic heterocycles. The van der Waals surface area contributed by atoms with E-state index in [2.05, 4.69) is 34.9 Å². The monoisotopic (exact) mass is 232 g/mol. The van der Waals surface area contributed by atoms with Gasteiger partial charge in [-0.2, -0.15) is 0 Å². The minimum absolute atomic E-state index is 0.249. The first-order valence-electron chi connectivity index (χ1n) is 6.09. The fourth-order valence-corrected chi connectivity index (χ4v) is 2.06. The lowest BCUT2D eigenvalue weighted by Crippen LogP contribution is -2.24. The lowest BCUT2D eigenvalue weighted by molar-refractivity contribution is 0.526. The van der Waals surface area contributed by atoms with Gasteiger partial charge < -0.3 is 15.6 Å². The molecule has 2 aromatic rings. The highest BCUT2D eigenvalue weighted by atomic mass is 15.1. The molecule has 92 valence electrons. The largest absolute Gasteiger partial charge is 0.330 e. The van der Waals surface area contributed by atoms with Gasteiger partial charge in [0.05, 0.1) is 17.1 Å². The second kappa shape index (κ2) is 5.29. The highest BCUT2D eigenvalue weighted by Crippen LogP contribution is 2.18. The van der Waals surface area contributed by atoms with E-state index in [0.717, 1.165) is 30.9 Å². The zero-order chi connectivity index (χ0) is 12.3. The molecule has 0 amide bonds. The molecule has 1 aromatic heterocycles. The van der Waals surface area contributed by atoms with Gasteiger partial charge in [-0.25, -0.2) is 4.98 Å². The van der Waals surface area contributed by atoms with Gasteiger partial charge in [0.2, 0.25) is 0 Å². The molecular formula is C13H20N4. The van der Waals surface area contributed by atoms with Crippen LogP contribution in [0.3, 0.4) is 0 Å². The second-order valence-electron chi connectivity index (χ2n) is 4.34. The Morgan fingerprint density at radius 1 is 1.41 bits per heavy atom. The van der Waals surface area contributed by atoms with Crippen LogP contribution in [0.5, 0.6) is 0 Å². The number of imidazole rings is 1.